The Morgan fingerprint density at radius 1 is 1.25 bits per heavy atom. The molecular weight excluding hydrogens is 214 g/mol. The Morgan fingerprint density at radius 3 is 2.50 bits per heavy atom. The second-order valence-electron chi connectivity index (χ2n) is 5.06. The first-order valence-corrected chi connectivity index (χ1v) is 7.27. The number of rotatable bonds is 7. The molecule has 0 aliphatic carbocycles. The van der Waals surface area contributed by atoms with E-state index in [2.05, 4.69) is 50.5 Å². The van der Waals surface area contributed by atoms with Crippen molar-refractivity contribution in [1.82, 2.24) is 5.32 Å². The average molecular weight is 239 g/mol. The fourth-order valence-corrected chi connectivity index (χ4v) is 2.86. The summed E-state index contributed by atoms with van der Waals surface area (Å²) in [5.41, 5.74) is 0. The van der Waals surface area contributed by atoms with E-state index >= 15 is 0 Å². The number of thiophene rings is 1. The van der Waals surface area contributed by atoms with Crippen molar-refractivity contribution in [2.45, 2.75) is 40.0 Å². The quantitative estimate of drug-likeness (QED) is 0.754. The fraction of sp³-hybridized carbons (Fsp3) is 0.714. The molecule has 0 aliphatic rings. The normalized spacial score (nSPS) is 15.3. The van der Waals surface area contributed by atoms with Crippen molar-refractivity contribution < 1.29 is 0 Å². The van der Waals surface area contributed by atoms with Gasteiger partial charge in [0.05, 0.1) is 0 Å². The molecule has 2 atom stereocenters. The molecule has 2 unspecified atom stereocenters. The molecule has 1 heterocycles. The highest BCUT2D eigenvalue weighted by molar-refractivity contribution is 7.10. The predicted molar refractivity (Wildman–Crippen MR) is 74.2 cm³/mol. The van der Waals surface area contributed by atoms with E-state index in [0.29, 0.717) is 5.92 Å². The largest absolute Gasteiger partial charge is 0.316 e. The SMILES string of the molecule is CCC(C)C(CNCC(C)C)c1cccs1. The Kier molecular flexibility index (Phi) is 6.07. The summed E-state index contributed by atoms with van der Waals surface area (Å²) in [5.74, 6) is 2.18. The first-order chi connectivity index (χ1) is 7.65. The summed E-state index contributed by atoms with van der Waals surface area (Å²) >= 11 is 1.89. The molecular formula is C14H25NS. The molecule has 0 fully saturated rings. The van der Waals surface area contributed by atoms with Gasteiger partial charge < -0.3 is 5.32 Å². The van der Waals surface area contributed by atoms with Gasteiger partial charge in [-0.3, -0.25) is 0 Å². The zero-order valence-electron chi connectivity index (χ0n) is 11.0. The zero-order chi connectivity index (χ0) is 12.0. The second-order valence-corrected chi connectivity index (χ2v) is 6.04. The summed E-state index contributed by atoms with van der Waals surface area (Å²) in [6.45, 7) is 11.4. The van der Waals surface area contributed by atoms with Crippen molar-refractivity contribution in [1.29, 1.82) is 0 Å². The van der Waals surface area contributed by atoms with E-state index in [9.17, 15) is 0 Å². The lowest BCUT2D eigenvalue weighted by Crippen LogP contribution is -2.28. The first-order valence-electron chi connectivity index (χ1n) is 6.39. The van der Waals surface area contributed by atoms with E-state index in [1.807, 2.05) is 11.3 Å². The van der Waals surface area contributed by atoms with Gasteiger partial charge in [0, 0.05) is 17.3 Å². The van der Waals surface area contributed by atoms with E-state index in [1.165, 1.54) is 11.3 Å². The van der Waals surface area contributed by atoms with Crippen LogP contribution in [0.1, 0.15) is 44.9 Å². The third-order valence-electron chi connectivity index (χ3n) is 3.16. The second kappa shape index (κ2) is 7.08. The zero-order valence-corrected chi connectivity index (χ0v) is 11.8. The van der Waals surface area contributed by atoms with Crippen molar-refractivity contribution in [3.8, 4) is 0 Å². The molecule has 0 spiro atoms. The molecule has 1 N–H and O–H groups in total. The van der Waals surface area contributed by atoms with Gasteiger partial charge in [0.1, 0.15) is 0 Å². The average Bonchev–Trinajstić information content (AvgIpc) is 2.76. The van der Waals surface area contributed by atoms with Gasteiger partial charge in [0.2, 0.25) is 0 Å². The van der Waals surface area contributed by atoms with Crippen LogP contribution in [-0.4, -0.2) is 13.1 Å². The molecule has 0 aliphatic heterocycles. The van der Waals surface area contributed by atoms with Crippen LogP contribution in [-0.2, 0) is 0 Å². The summed E-state index contributed by atoms with van der Waals surface area (Å²) in [5, 5.41) is 5.78. The molecule has 0 radical (unpaired) electrons. The summed E-state index contributed by atoms with van der Waals surface area (Å²) in [7, 11) is 0. The Labute approximate surface area is 104 Å². The van der Waals surface area contributed by atoms with E-state index in [1.54, 1.807) is 0 Å². The maximum atomic E-state index is 3.60. The molecule has 0 aromatic carbocycles. The van der Waals surface area contributed by atoms with E-state index in [4.69, 9.17) is 0 Å². The van der Waals surface area contributed by atoms with Crippen LogP contribution in [0.5, 0.6) is 0 Å². The number of hydrogen-bond acceptors (Lipinski definition) is 2. The summed E-state index contributed by atoms with van der Waals surface area (Å²) in [6, 6.07) is 4.44. The molecule has 0 bridgehead atoms. The first kappa shape index (κ1) is 13.7. The van der Waals surface area contributed by atoms with Gasteiger partial charge in [-0.25, -0.2) is 0 Å². The van der Waals surface area contributed by atoms with Crippen molar-refractivity contribution in [2.24, 2.45) is 11.8 Å². The smallest absolute Gasteiger partial charge is 0.00915 e. The Balaban J connectivity index is 2.52. The van der Waals surface area contributed by atoms with Crippen molar-refractivity contribution in [3.63, 3.8) is 0 Å². The van der Waals surface area contributed by atoms with Gasteiger partial charge in [-0.15, -0.1) is 11.3 Å². The Hall–Kier alpha value is -0.340. The summed E-state index contributed by atoms with van der Waals surface area (Å²) in [4.78, 5) is 1.53. The van der Waals surface area contributed by atoms with Gasteiger partial charge in [0.25, 0.3) is 0 Å². The van der Waals surface area contributed by atoms with Crippen molar-refractivity contribution in [3.05, 3.63) is 22.4 Å². The van der Waals surface area contributed by atoms with Crippen LogP contribution in [0, 0.1) is 11.8 Å². The van der Waals surface area contributed by atoms with Gasteiger partial charge in [-0.05, 0) is 29.8 Å². The van der Waals surface area contributed by atoms with Gasteiger partial charge in [0.15, 0.2) is 0 Å². The third kappa shape index (κ3) is 4.26. The van der Waals surface area contributed by atoms with Crippen LogP contribution in [0.2, 0.25) is 0 Å². The Bertz CT molecular complexity index is 266. The number of nitrogens with one attached hydrogen (secondary N) is 1. The molecule has 0 saturated heterocycles. The van der Waals surface area contributed by atoms with Crippen molar-refractivity contribution >= 4 is 11.3 Å². The highest BCUT2D eigenvalue weighted by Crippen LogP contribution is 2.29. The van der Waals surface area contributed by atoms with Gasteiger partial charge in [-0.2, -0.15) is 0 Å². The number of hydrogen-bond donors (Lipinski definition) is 1. The molecule has 92 valence electrons. The maximum absolute atomic E-state index is 3.60. The third-order valence-corrected chi connectivity index (χ3v) is 4.16. The van der Waals surface area contributed by atoms with Gasteiger partial charge in [-0.1, -0.05) is 40.2 Å². The van der Waals surface area contributed by atoms with Crippen molar-refractivity contribution in [2.75, 3.05) is 13.1 Å². The van der Waals surface area contributed by atoms with Crippen LogP contribution >= 0.6 is 11.3 Å². The fourth-order valence-electron chi connectivity index (χ4n) is 1.90. The standard InChI is InChI=1S/C14H25NS/c1-5-12(4)13(10-15-9-11(2)3)14-7-6-8-16-14/h6-8,11-13,15H,5,9-10H2,1-4H3. The molecule has 1 nitrogen and oxygen atoms in total. The maximum Gasteiger partial charge on any atom is 0.00915 e. The highest BCUT2D eigenvalue weighted by atomic mass is 32.1. The lowest BCUT2D eigenvalue weighted by molar-refractivity contribution is 0.413. The monoisotopic (exact) mass is 239 g/mol. The molecule has 0 saturated carbocycles. The van der Waals surface area contributed by atoms with Crippen LogP contribution < -0.4 is 5.32 Å². The predicted octanol–water partition coefficient (Wildman–Crippen LogP) is 4.12. The lowest BCUT2D eigenvalue weighted by Gasteiger charge is -2.23. The van der Waals surface area contributed by atoms with Crippen LogP contribution in [0.25, 0.3) is 0 Å². The summed E-state index contributed by atoms with van der Waals surface area (Å²) in [6.07, 6.45) is 1.26. The minimum atomic E-state index is 0.684. The highest BCUT2D eigenvalue weighted by Gasteiger charge is 2.18. The van der Waals surface area contributed by atoms with Crippen LogP contribution in [0.15, 0.2) is 17.5 Å². The topological polar surface area (TPSA) is 12.0 Å². The molecule has 1 rings (SSSR count). The van der Waals surface area contributed by atoms with E-state index in [-0.39, 0.29) is 0 Å². The van der Waals surface area contributed by atoms with E-state index < -0.39 is 0 Å². The minimum absolute atomic E-state index is 0.684. The molecule has 16 heavy (non-hydrogen) atoms. The van der Waals surface area contributed by atoms with Gasteiger partial charge >= 0.3 is 0 Å². The molecule has 0 amide bonds. The van der Waals surface area contributed by atoms with E-state index in [0.717, 1.165) is 24.9 Å². The minimum Gasteiger partial charge on any atom is -0.316 e. The molecule has 1 aromatic rings. The lowest BCUT2D eigenvalue weighted by atomic mass is 9.90. The summed E-state index contributed by atoms with van der Waals surface area (Å²) < 4.78 is 0. The molecule has 1 aromatic heterocycles. The van der Waals surface area contributed by atoms with Crippen LogP contribution in [0.3, 0.4) is 0 Å². The Morgan fingerprint density at radius 2 is 2.00 bits per heavy atom. The van der Waals surface area contributed by atoms with Crippen LogP contribution in [0.4, 0.5) is 0 Å². The molecule has 2 heteroatoms.